The van der Waals surface area contributed by atoms with Crippen LogP contribution in [0.3, 0.4) is 0 Å². The molecule has 1 saturated heterocycles. The second-order valence-electron chi connectivity index (χ2n) is 7.00. The van der Waals surface area contributed by atoms with Crippen molar-refractivity contribution in [2.24, 2.45) is 0 Å². The number of pyridine rings is 1. The zero-order valence-electron chi connectivity index (χ0n) is 16.2. The summed E-state index contributed by atoms with van der Waals surface area (Å²) in [5, 5.41) is 13.7. The van der Waals surface area contributed by atoms with Gasteiger partial charge in [0.05, 0.1) is 10.5 Å². The fourth-order valence-corrected chi connectivity index (χ4v) is 4.62. The highest BCUT2D eigenvalue weighted by molar-refractivity contribution is 7.13. The number of nitro groups is 1. The Labute approximate surface area is 172 Å². The second-order valence-corrected chi connectivity index (χ2v) is 7.90. The van der Waals surface area contributed by atoms with E-state index in [0.717, 1.165) is 22.0 Å². The lowest BCUT2D eigenvalue weighted by Gasteiger charge is -2.35. The van der Waals surface area contributed by atoms with E-state index in [-0.39, 0.29) is 11.6 Å². The molecule has 0 atom stereocenters. The van der Waals surface area contributed by atoms with E-state index in [9.17, 15) is 14.9 Å². The first-order valence-corrected chi connectivity index (χ1v) is 10.2. The average Bonchev–Trinajstić information content (AvgIpc) is 3.33. The number of carbonyl (C=O) groups is 1. The predicted octanol–water partition coefficient (Wildman–Crippen LogP) is 3.42. The molecule has 4 rings (SSSR count). The molecule has 0 unspecified atom stereocenters. The fourth-order valence-electron chi connectivity index (χ4n) is 3.61. The van der Waals surface area contributed by atoms with Gasteiger partial charge in [-0.2, -0.15) is 0 Å². The minimum Gasteiger partial charge on any atom is -0.353 e. The molecule has 8 nitrogen and oxygen atoms in total. The largest absolute Gasteiger partial charge is 0.353 e. The van der Waals surface area contributed by atoms with Crippen LogP contribution in [-0.2, 0) is 0 Å². The zero-order valence-corrected chi connectivity index (χ0v) is 17.1. The highest BCUT2D eigenvalue weighted by atomic mass is 32.1. The Bertz CT molecular complexity index is 1030. The van der Waals surface area contributed by atoms with Crippen molar-refractivity contribution >= 4 is 28.7 Å². The highest BCUT2D eigenvalue weighted by Crippen LogP contribution is 2.27. The third kappa shape index (κ3) is 3.61. The van der Waals surface area contributed by atoms with Crippen LogP contribution in [0.25, 0.3) is 5.00 Å². The molecule has 1 aliphatic rings. The SMILES string of the molecule is Cc1ccc(C)n1-c1sccc1C(=O)N1CCN(c2ccc([N+](=O)[O-])cn2)CC1. The molecule has 1 aliphatic heterocycles. The molecule has 0 radical (unpaired) electrons. The Kier molecular flexibility index (Phi) is 5.06. The Morgan fingerprint density at radius 2 is 1.76 bits per heavy atom. The van der Waals surface area contributed by atoms with Crippen LogP contribution in [0.4, 0.5) is 11.5 Å². The molecule has 0 N–H and O–H groups in total. The normalized spacial score (nSPS) is 14.3. The van der Waals surface area contributed by atoms with E-state index in [0.29, 0.717) is 32.0 Å². The molecule has 0 aromatic carbocycles. The zero-order chi connectivity index (χ0) is 20.5. The maximum absolute atomic E-state index is 13.2. The van der Waals surface area contributed by atoms with Crippen molar-refractivity contribution in [2.75, 3.05) is 31.1 Å². The molecule has 9 heteroatoms. The van der Waals surface area contributed by atoms with E-state index in [1.807, 2.05) is 35.1 Å². The van der Waals surface area contributed by atoms with Crippen LogP contribution >= 0.6 is 11.3 Å². The quantitative estimate of drug-likeness (QED) is 0.485. The van der Waals surface area contributed by atoms with Crippen molar-refractivity contribution in [2.45, 2.75) is 13.8 Å². The van der Waals surface area contributed by atoms with E-state index in [1.54, 1.807) is 17.4 Å². The topological polar surface area (TPSA) is 84.5 Å². The summed E-state index contributed by atoms with van der Waals surface area (Å²) in [6.45, 7) is 6.51. The standard InChI is InChI=1S/C20H21N5O3S/c1-14-3-4-15(2)24(14)20-17(7-12-29-20)19(26)23-10-8-22(9-11-23)18-6-5-16(13-21-18)25(27)28/h3-7,12-13H,8-11H2,1-2H3. The molecule has 4 heterocycles. The van der Waals surface area contributed by atoms with Gasteiger partial charge in [-0.05, 0) is 43.5 Å². The summed E-state index contributed by atoms with van der Waals surface area (Å²) >= 11 is 1.57. The second kappa shape index (κ2) is 7.67. The first kappa shape index (κ1) is 19.1. The molecule has 3 aromatic heterocycles. The molecule has 3 aromatic rings. The van der Waals surface area contributed by atoms with Gasteiger partial charge >= 0.3 is 0 Å². The Morgan fingerprint density at radius 3 is 2.34 bits per heavy atom. The van der Waals surface area contributed by atoms with Gasteiger partial charge in [-0.3, -0.25) is 14.9 Å². The maximum atomic E-state index is 13.2. The van der Waals surface area contributed by atoms with Crippen LogP contribution in [0, 0.1) is 24.0 Å². The van der Waals surface area contributed by atoms with Gasteiger partial charge in [0, 0.05) is 43.6 Å². The summed E-state index contributed by atoms with van der Waals surface area (Å²) in [5.74, 6) is 0.725. The van der Waals surface area contributed by atoms with Crippen LogP contribution in [0.1, 0.15) is 21.7 Å². The number of nitrogens with zero attached hydrogens (tertiary/aromatic N) is 5. The predicted molar refractivity (Wildman–Crippen MR) is 112 cm³/mol. The van der Waals surface area contributed by atoms with Crippen LogP contribution in [0.2, 0.25) is 0 Å². The van der Waals surface area contributed by atoms with Crippen molar-refractivity contribution in [3.05, 3.63) is 69.0 Å². The van der Waals surface area contributed by atoms with Crippen molar-refractivity contribution in [1.29, 1.82) is 0 Å². The summed E-state index contributed by atoms with van der Waals surface area (Å²) < 4.78 is 2.12. The van der Waals surface area contributed by atoms with Gasteiger partial charge in [0.15, 0.2) is 0 Å². The Balaban J connectivity index is 1.46. The summed E-state index contributed by atoms with van der Waals surface area (Å²) in [5.41, 5.74) is 2.91. The minimum atomic E-state index is -0.458. The number of anilines is 1. The highest BCUT2D eigenvalue weighted by Gasteiger charge is 2.26. The number of amides is 1. The van der Waals surface area contributed by atoms with Gasteiger partial charge in [-0.25, -0.2) is 4.98 Å². The molecule has 0 spiro atoms. The van der Waals surface area contributed by atoms with Crippen LogP contribution in [0.15, 0.2) is 41.9 Å². The lowest BCUT2D eigenvalue weighted by molar-refractivity contribution is -0.385. The molecular formula is C20H21N5O3S. The van der Waals surface area contributed by atoms with E-state index >= 15 is 0 Å². The van der Waals surface area contributed by atoms with Crippen molar-refractivity contribution in [3.8, 4) is 5.00 Å². The third-order valence-corrected chi connectivity index (χ3v) is 6.08. The Hall–Kier alpha value is -3.20. The molecule has 0 bridgehead atoms. The summed E-state index contributed by atoms with van der Waals surface area (Å²) in [4.78, 5) is 31.6. The lowest BCUT2D eigenvalue weighted by Crippen LogP contribution is -2.49. The first-order chi connectivity index (χ1) is 14.0. The van der Waals surface area contributed by atoms with Crippen molar-refractivity contribution in [1.82, 2.24) is 14.5 Å². The molecule has 1 amide bonds. The number of aromatic nitrogens is 2. The van der Waals surface area contributed by atoms with E-state index in [2.05, 4.69) is 21.7 Å². The summed E-state index contributed by atoms with van der Waals surface area (Å²) in [7, 11) is 0. The summed E-state index contributed by atoms with van der Waals surface area (Å²) in [6.07, 6.45) is 1.27. The van der Waals surface area contributed by atoms with Gasteiger partial charge in [-0.1, -0.05) is 0 Å². The number of thiophene rings is 1. The molecule has 0 saturated carbocycles. The number of hydrogen-bond donors (Lipinski definition) is 0. The lowest BCUT2D eigenvalue weighted by atomic mass is 10.2. The van der Waals surface area contributed by atoms with Gasteiger partial charge in [0.1, 0.15) is 17.0 Å². The number of carbonyl (C=O) groups excluding carboxylic acids is 1. The molecular weight excluding hydrogens is 390 g/mol. The van der Waals surface area contributed by atoms with Crippen LogP contribution < -0.4 is 4.90 Å². The fraction of sp³-hybridized carbons (Fsp3) is 0.300. The average molecular weight is 411 g/mol. The van der Waals surface area contributed by atoms with E-state index in [4.69, 9.17) is 0 Å². The van der Waals surface area contributed by atoms with Crippen LogP contribution in [0.5, 0.6) is 0 Å². The Morgan fingerprint density at radius 1 is 1.07 bits per heavy atom. The van der Waals surface area contributed by atoms with Gasteiger partial charge < -0.3 is 14.4 Å². The molecule has 1 fully saturated rings. The van der Waals surface area contributed by atoms with Gasteiger partial charge in [-0.15, -0.1) is 11.3 Å². The van der Waals surface area contributed by atoms with Crippen molar-refractivity contribution < 1.29 is 9.72 Å². The van der Waals surface area contributed by atoms with E-state index < -0.39 is 4.92 Å². The number of hydrogen-bond acceptors (Lipinski definition) is 6. The third-order valence-electron chi connectivity index (χ3n) is 5.18. The maximum Gasteiger partial charge on any atom is 0.287 e. The summed E-state index contributed by atoms with van der Waals surface area (Å²) in [6, 6.07) is 9.12. The number of piperazine rings is 1. The number of rotatable bonds is 4. The molecule has 0 aliphatic carbocycles. The smallest absolute Gasteiger partial charge is 0.287 e. The van der Waals surface area contributed by atoms with Crippen LogP contribution in [-0.4, -0.2) is 51.5 Å². The van der Waals surface area contributed by atoms with Crippen molar-refractivity contribution in [3.63, 3.8) is 0 Å². The molecule has 150 valence electrons. The van der Waals surface area contributed by atoms with Gasteiger partial charge in [0.25, 0.3) is 11.6 Å². The minimum absolute atomic E-state index is 0.0249. The van der Waals surface area contributed by atoms with E-state index in [1.165, 1.54) is 12.3 Å². The van der Waals surface area contributed by atoms with Gasteiger partial charge in [0.2, 0.25) is 0 Å². The molecule has 29 heavy (non-hydrogen) atoms. The first-order valence-electron chi connectivity index (χ1n) is 9.33. The monoisotopic (exact) mass is 411 g/mol. The number of aryl methyl sites for hydroxylation is 2.